The highest BCUT2D eigenvalue weighted by Gasteiger charge is 2.16. The summed E-state index contributed by atoms with van der Waals surface area (Å²) in [5, 5.41) is 9.53. The Morgan fingerprint density at radius 3 is 1.23 bits per heavy atom. The van der Waals surface area contributed by atoms with Crippen LogP contribution in [0.5, 0.6) is 0 Å². The van der Waals surface area contributed by atoms with Crippen LogP contribution in [-0.2, 0) is 19.1 Å². The van der Waals surface area contributed by atoms with Gasteiger partial charge in [0.05, 0.1) is 6.61 Å². The monoisotopic (exact) mass is 623 g/mol. The smallest absolute Gasteiger partial charge is 0.306 e. The van der Waals surface area contributed by atoms with Gasteiger partial charge >= 0.3 is 11.9 Å². The summed E-state index contributed by atoms with van der Waals surface area (Å²) in [7, 11) is 0. The Bertz CT molecular complexity index is 632. The van der Waals surface area contributed by atoms with Crippen molar-refractivity contribution in [3.05, 3.63) is 12.2 Å². The Morgan fingerprint density at radius 1 is 0.500 bits per heavy atom. The Balaban J connectivity index is 3.53. The molecule has 0 amide bonds. The van der Waals surface area contributed by atoms with Crippen molar-refractivity contribution in [1.29, 1.82) is 0 Å². The van der Waals surface area contributed by atoms with Crippen molar-refractivity contribution >= 4 is 11.9 Å². The van der Waals surface area contributed by atoms with E-state index in [1.165, 1.54) is 135 Å². The third-order valence-electron chi connectivity index (χ3n) is 8.56. The van der Waals surface area contributed by atoms with E-state index in [0.717, 1.165) is 44.9 Å². The Hall–Kier alpha value is -1.36. The van der Waals surface area contributed by atoms with Gasteiger partial charge in [0, 0.05) is 12.8 Å². The summed E-state index contributed by atoms with van der Waals surface area (Å²) >= 11 is 0. The number of allylic oxidation sites excluding steroid dienone is 2. The Kier molecular flexibility index (Phi) is 35.0. The topological polar surface area (TPSA) is 72.8 Å². The maximum atomic E-state index is 12.1. The van der Waals surface area contributed by atoms with Gasteiger partial charge in [0.1, 0.15) is 6.61 Å². The Morgan fingerprint density at radius 2 is 0.841 bits per heavy atom. The predicted molar refractivity (Wildman–Crippen MR) is 187 cm³/mol. The number of ether oxygens (including phenoxy) is 2. The lowest BCUT2D eigenvalue weighted by Gasteiger charge is -2.15. The zero-order chi connectivity index (χ0) is 32.2. The fraction of sp³-hybridized carbons (Fsp3) is 0.897. The molecular formula is C39H74O5. The number of unbranched alkanes of at least 4 members (excludes halogenated alkanes) is 25. The molecule has 0 fully saturated rings. The third-order valence-corrected chi connectivity index (χ3v) is 8.56. The third kappa shape index (κ3) is 33.5. The maximum Gasteiger partial charge on any atom is 0.306 e. The molecule has 5 nitrogen and oxygen atoms in total. The molecule has 0 aromatic carbocycles. The van der Waals surface area contributed by atoms with Crippen LogP contribution >= 0.6 is 0 Å². The second kappa shape index (κ2) is 36.1. The number of hydrogen-bond acceptors (Lipinski definition) is 5. The van der Waals surface area contributed by atoms with Gasteiger partial charge in [0.25, 0.3) is 0 Å². The molecule has 0 aromatic rings. The number of carbonyl (C=O) groups is 2. The summed E-state index contributed by atoms with van der Waals surface area (Å²) in [6.07, 6.45) is 39.8. The maximum absolute atomic E-state index is 12.1. The second-order valence-electron chi connectivity index (χ2n) is 13.0. The van der Waals surface area contributed by atoms with Gasteiger partial charge in [0.2, 0.25) is 0 Å². The minimum Gasteiger partial charge on any atom is -0.462 e. The van der Waals surface area contributed by atoms with Crippen molar-refractivity contribution in [2.24, 2.45) is 0 Å². The average molecular weight is 623 g/mol. The first-order chi connectivity index (χ1) is 21.6. The van der Waals surface area contributed by atoms with E-state index in [4.69, 9.17) is 9.47 Å². The molecule has 0 unspecified atom stereocenters. The van der Waals surface area contributed by atoms with Gasteiger partial charge in [-0.3, -0.25) is 9.59 Å². The van der Waals surface area contributed by atoms with Gasteiger partial charge < -0.3 is 14.6 Å². The predicted octanol–water partition coefficient (Wildman–Crippen LogP) is 11.7. The number of aliphatic hydroxyl groups excluding tert-OH is 1. The van der Waals surface area contributed by atoms with E-state index in [1.807, 2.05) is 0 Å². The zero-order valence-electron chi connectivity index (χ0n) is 29.4. The lowest BCUT2D eigenvalue weighted by Crippen LogP contribution is -2.28. The van der Waals surface area contributed by atoms with Crippen LogP contribution in [0.1, 0.15) is 206 Å². The van der Waals surface area contributed by atoms with Crippen molar-refractivity contribution in [1.82, 2.24) is 0 Å². The largest absolute Gasteiger partial charge is 0.462 e. The standard InChI is InChI=1S/C39H74O5/c1-3-5-7-9-11-13-15-17-19-21-23-25-27-29-31-33-38(41)43-36-37(35-40)44-39(42)34-32-30-28-26-24-22-20-18-16-14-12-10-8-6-4-2/h18,20,37,40H,3-17,19,21-36H2,1-2H3/b20-18-/t37-/m0/s1. The molecule has 1 atom stereocenters. The highest BCUT2D eigenvalue weighted by molar-refractivity contribution is 5.70. The molecule has 0 aliphatic carbocycles. The molecule has 0 spiro atoms. The first-order valence-electron chi connectivity index (χ1n) is 19.2. The number of hydrogen-bond donors (Lipinski definition) is 1. The molecule has 5 heteroatoms. The number of aliphatic hydroxyl groups is 1. The zero-order valence-corrected chi connectivity index (χ0v) is 29.4. The first-order valence-corrected chi connectivity index (χ1v) is 19.2. The van der Waals surface area contributed by atoms with Gasteiger partial charge in [-0.1, -0.05) is 167 Å². The molecule has 0 saturated carbocycles. The van der Waals surface area contributed by atoms with Crippen molar-refractivity contribution in [2.45, 2.75) is 213 Å². The van der Waals surface area contributed by atoms with Crippen molar-refractivity contribution in [3.63, 3.8) is 0 Å². The summed E-state index contributed by atoms with van der Waals surface area (Å²) < 4.78 is 10.6. The van der Waals surface area contributed by atoms with Crippen molar-refractivity contribution in [2.75, 3.05) is 13.2 Å². The summed E-state index contributed by atoms with van der Waals surface area (Å²) in [5.41, 5.74) is 0. The molecule has 0 rings (SSSR count). The quantitative estimate of drug-likeness (QED) is 0.0432. The minimum absolute atomic E-state index is 0.0633. The minimum atomic E-state index is -0.768. The SMILES string of the molecule is CCCCCCCC/C=C\CCCCCCCC(=O)O[C@@H](CO)COC(=O)CCCCCCCCCCCCCCCCC. The van der Waals surface area contributed by atoms with Crippen LogP contribution in [0.4, 0.5) is 0 Å². The number of carbonyl (C=O) groups excluding carboxylic acids is 2. The molecule has 0 radical (unpaired) electrons. The molecule has 0 bridgehead atoms. The molecule has 1 N–H and O–H groups in total. The van der Waals surface area contributed by atoms with Crippen molar-refractivity contribution < 1.29 is 24.2 Å². The molecule has 0 saturated heterocycles. The fourth-order valence-electron chi connectivity index (χ4n) is 5.61. The van der Waals surface area contributed by atoms with Gasteiger partial charge in [-0.15, -0.1) is 0 Å². The summed E-state index contributed by atoms with van der Waals surface area (Å²) in [5.74, 6) is -0.591. The average Bonchev–Trinajstić information content (AvgIpc) is 3.02. The van der Waals surface area contributed by atoms with Crippen molar-refractivity contribution in [3.8, 4) is 0 Å². The number of esters is 2. The van der Waals surface area contributed by atoms with E-state index in [2.05, 4.69) is 26.0 Å². The van der Waals surface area contributed by atoms with Crippen LogP contribution in [0.25, 0.3) is 0 Å². The second-order valence-corrected chi connectivity index (χ2v) is 13.0. The molecule has 44 heavy (non-hydrogen) atoms. The fourth-order valence-corrected chi connectivity index (χ4v) is 5.61. The molecule has 0 aromatic heterocycles. The highest BCUT2D eigenvalue weighted by Crippen LogP contribution is 2.14. The van der Waals surface area contributed by atoms with Gasteiger partial charge in [-0.25, -0.2) is 0 Å². The number of rotatable bonds is 35. The van der Waals surface area contributed by atoms with E-state index in [1.54, 1.807) is 0 Å². The van der Waals surface area contributed by atoms with E-state index in [9.17, 15) is 14.7 Å². The van der Waals surface area contributed by atoms with Crippen LogP contribution in [0.2, 0.25) is 0 Å². The Labute approximate surface area is 273 Å². The van der Waals surface area contributed by atoms with Crippen LogP contribution in [0.15, 0.2) is 12.2 Å². The molecule has 260 valence electrons. The van der Waals surface area contributed by atoms with E-state index in [0.29, 0.717) is 12.8 Å². The van der Waals surface area contributed by atoms with Crippen LogP contribution in [0.3, 0.4) is 0 Å². The molecule has 0 heterocycles. The lowest BCUT2D eigenvalue weighted by atomic mass is 10.0. The molecule has 0 aliphatic rings. The highest BCUT2D eigenvalue weighted by atomic mass is 16.6. The van der Waals surface area contributed by atoms with Gasteiger partial charge in [-0.2, -0.15) is 0 Å². The molecule has 0 aliphatic heterocycles. The first kappa shape index (κ1) is 42.6. The van der Waals surface area contributed by atoms with Crippen LogP contribution < -0.4 is 0 Å². The van der Waals surface area contributed by atoms with E-state index < -0.39 is 6.10 Å². The van der Waals surface area contributed by atoms with E-state index in [-0.39, 0.29) is 25.2 Å². The van der Waals surface area contributed by atoms with Gasteiger partial charge in [0.15, 0.2) is 6.10 Å². The summed E-state index contributed by atoms with van der Waals surface area (Å²) in [4.78, 5) is 24.2. The van der Waals surface area contributed by atoms with Gasteiger partial charge in [-0.05, 0) is 38.5 Å². The van der Waals surface area contributed by atoms with Crippen LogP contribution in [0, 0.1) is 0 Å². The van der Waals surface area contributed by atoms with Crippen LogP contribution in [-0.4, -0.2) is 36.4 Å². The summed E-state index contributed by atoms with van der Waals surface area (Å²) in [6.45, 7) is 4.14. The molecular weight excluding hydrogens is 548 g/mol. The summed E-state index contributed by atoms with van der Waals surface area (Å²) in [6, 6.07) is 0. The lowest BCUT2D eigenvalue weighted by molar-refractivity contribution is -0.161. The van der Waals surface area contributed by atoms with E-state index >= 15 is 0 Å². The normalized spacial score (nSPS) is 12.2.